The van der Waals surface area contributed by atoms with Crippen LogP contribution in [0.4, 0.5) is 5.69 Å². The number of piperazine rings is 1. The van der Waals surface area contributed by atoms with Crippen molar-refractivity contribution in [3.63, 3.8) is 0 Å². The van der Waals surface area contributed by atoms with Crippen LogP contribution in [0.3, 0.4) is 0 Å². The number of aryl methyl sites for hydroxylation is 1. The van der Waals surface area contributed by atoms with Gasteiger partial charge >= 0.3 is 0 Å². The van der Waals surface area contributed by atoms with Gasteiger partial charge in [-0.1, -0.05) is 6.07 Å². The lowest BCUT2D eigenvalue weighted by Gasteiger charge is -2.39. The van der Waals surface area contributed by atoms with E-state index in [0.717, 1.165) is 37.3 Å². The van der Waals surface area contributed by atoms with E-state index < -0.39 is 0 Å². The molecular weight excluding hydrogens is 238 g/mol. The topological polar surface area (TPSA) is 47.3 Å². The summed E-state index contributed by atoms with van der Waals surface area (Å²) in [4.78, 5) is 15.9. The van der Waals surface area contributed by atoms with Gasteiger partial charge in [-0.3, -0.25) is 4.79 Å². The van der Waals surface area contributed by atoms with Crippen molar-refractivity contribution in [2.45, 2.75) is 25.8 Å². The predicted octanol–water partition coefficient (Wildman–Crippen LogP) is 1.68. The molecule has 4 nitrogen and oxygen atoms in total. The zero-order valence-corrected chi connectivity index (χ0v) is 11.1. The number of fused-ring (bicyclic) bond motifs is 1. The molecule has 0 N–H and O–H groups in total. The molecular formula is C15H17N3O. The molecule has 3 rings (SSSR count). The fourth-order valence-corrected chi connectivity index (χ4v) is 3.08. The minimum absolute atomic E-state index is 0.286. The third-order valence-electron chi connectivity index (χ3n) is 4.11. The monoisotopic (exact) mass is 255 g/mol. The molecule has 0 spiro atoms. The average molecular weight is 255 g/mol. The van der Waals surface area contributed by atoms with Crippen LogP contribution in [0.1, 0.15) is 24.0 Å². The van der Waals surface area contributed by atoms with Crippen LogP contribution in [-0.4, -0.2) is 36.5 Å². The molecule has 1 atom stereocenters. The van der Waals surface area contributed by atoms with E-state index in [2.05, 4.69) is 17.0 Å². The van der Waals surface area contributed by atoms with Gasteiger partial charge < -0.3 is 9.80 Å². The van der Waals surface area contributed by atoms with Gasteiger partial charge in [-0.2, -0.15) is 5.26 Å². The second-order valence-electron chi connectivity index (χ2n) is 5.36. The lowest BCUT2D eigenvalue weighted by molar-refractivity contribution is -0.129. The van der Waals surface area contributed by atoms with E-state index in [0.29, 0.717) is 12.5 Å². The third kappa shape index (κ3) is 2.06. The normalized spacial score (nSPS) is 22.3. The maximum atomic E-state index is 11.7. The third-order valence-corrected chi connectivity index (χ3v) is 4.11. The molecule has 2 heterocycles. The summed E-state index contributed by atoms with van der Waals surface area (Å²) in [6.45, 7) is 4.49. The number of carbonyl (C=O) groups is 1. The van der Waals surface area contributed by atoms with Gasteiger partial charge in [0.25, 0.3) is 0 Å². The van der Waals surface area contributed by atoms with Crippen molar-refractivity contribution in [2.75, 3.05) is 24.5 Å². The molecule has 2 aliphatic heterocycles. The standard InChI is InChI=1S/C15H17N3O/c1-11-2-3-12(9-16)14(8-11)17-6-7-18-13(10-17)4-5-15(18)19/h2-3,8,13H,4-7,10H2,1H3. The zero-order valence-electron chi connectivity index (χ0n) is 11.1. The Kier molecular flexibility index (Phi) is 2.90. The maximum Gasteiger partial charge on any atom is 0.223 e. The highest BCUT2D eigenvalue weighted by Crippen LogP contribution is 2.28. The first-order valence-corrected chi connectivity index (χ1v) is 6.74. The van der Waals surface area contributed by atoms with Gasteiger partial charge in [-0.15, -0.1) is 0 Å². The Balaban J connectivity index is 1.86. The lowest BCUT2D eigenvalue weighted by Crippen LogP contribution is -2.51. The van der Waals surface area contributed by atoms with Crippen molar-refractivity contribution >= 4 is 11.6 Å². The first-order chi connectivity index (χ1) is 9.19. The Hall–Kier alpha value is -2.02. The van der Waals surface area contributed by atoms with Gasteiger partial charge in [-0.25, -0.2) is 0 Å². The molecule has 1 amide bonds. The van der Waals surface area contributed by atoms with Gasteiger partial charge in [-0.05, 0) is 31.0 Å². The van der Waals surface area contributed by atoms with Crippen molar-refractivity contribution in [1.29, 1.82) is 5.26 Å². The van der Waals surface area contributed by atoms with Crippen LogP contribution in [0.5, 0.6) is 0 Å². The number of hydrogen-bond acceptors (Lipinski definition) is 3. The summed E-state index contributed by atoms with van der Waals surface area (Å²) in [5, 5.41) is 9.23. The summed E-state index contributed by atoms with van der Waals surface area (Å²) in [7, 11) is 0. The highest BCUT2D eigenvalue weighted by Gasteiger charge is 2.35. The predicted molar refractivity (Wildman–Crippen MR) is 72.8 cm³/mol. The van der Waals surface area contributed by atoms with E-state index in [4.69, 9.17) is 0 Å². The zero-order chi connectivity index (χ0) is 13.4. The van der Waals surface area contributed by atoms with Crippen molar-refractivity contribution in [3.8, 4) is 6.07 Å². The highest BCUT2D eigenvalue weighted by atomic mass is 16.2. The van der Waals surface area contributed by atoms with Gasteiger partial charge in [0.05, 0.1) is 11.3 Å². The fraction of sp³-hybridized carbons (Fsp3) is 0.467. The van der Waals surface area contributed by atoms with E-state index in [-0.39, 0.29) is 5.91 Å². The summed E-state index contributed by atoms with van der Waals surface area (Å²) < 4.78 is 0. The second-order valence-corrected chi connectivity index (χ2v) is 5.36. The summed E-state index contributed by atoms with van der Waals surface area (Å²) >= 11 is 0. The smallest absolute Gasteiger partial charge is 0.223 e. The van der Waals surface area contributed by atoms with E-state index in [1.807, 2.05) is 24.0 Å². The Morgan fingerprint density at radius 3 is 3.00 bits per heavy atom. The quantitative estimate of drug-likeness (QED) is 0.767. The van der Waals surface area contributed by atoms with Crippen LogP contribution in [0.2, 0.25) is 0 Å². The van der Waals surface area contributed by atoms with Crippen LogP contribution in [0, 0.1) is 18.3 Å². The Morgan fingerprint density at radius 1 is 1.37 bits per heavy atom. The summed E-state index contributed by atoms with van der Waals surface area (Å²) in [6, 6.07) is 8.52. The van der Waals surface area contributed by atoms with Crippen LogP contribution in [0.25, 0.3) is 0 Å². The molecule has 0 bridgehead atoms. The molecule has 1 unspecified atom stereocenters. The molecule has 1 aromatic carbocycles. The molecule has 2 aliphatic rings. The van der Waals surface area contributed by atoms with Crippen LogP contribution in [-0.2, 0) is 4.79 Å². The molecule has 4 heteroatoms. The summed E-state index contributed by atoms with van der Waals surface area (Å²) in [6.07, 6.45) is 1.63. The first-order valence-electron chi connectivity index (χ1n) is 6.74. The molecule has 2 fully saturated rings. The largest absolute Gasteiger partial charge is 0.367 e. The molecule has 0 radical (unpaired) electrons. The van der Waals surface area contributed by atoms with Crippen LogP contribution < -0.4 is 4.90 Å². The molecule has 0 aromatic heterocycles. The average Bonchev–Trinajstić information content (AvgIpc) is 2.80. The molecule has 1 aromatic rings. The number of carbonyl (C=O) groups excluding carboxylic acids is 1. The molecule has 0 saturated carbocycles. The van der Waals surface area contributed by atoms with E-state index in [1.54, 1.807) is 0 Å². The van der Waals surface area contributed by atoms with Crippen molar-refractivity contribution in [2.24, 2.45) is 0 Å². The number of amides is 1. The lowest BCUT2D eigenvalue weighted by atomic mass is 10.1. The van der Waals surface area contributed by atoms with Crippen LogP contribution >= 0.6 is 0 Å². The van der Waals surface area contributed by atoms with Gasteiger partial charge in [0.15, 0.2) is 0 Å². The van der Waals surface area contributed by atoms with Crippen molar-refractivity contribution < 1.29 is 4.79 Å². The molecule has 0 aliphatic carbocycles. The summed E-state index contributed by atoms with van der Waals surface area (Å²) in [5.74, 6) is 0.286. The Morgan fingerprint density at radius 2 is 2.21 bits per heavy atom. The van der Waals surface area contributed by atoms with E-state index in [9.17, 15) is 10.1 Å². The number of rotatable bonds is 1. The maximum absolute atomic E-state index is 11.7. The van der Waals surface area contributed by atoms with Gasteiger partial charge in [0.1, 0.15) is 6.07 Å². The van der Waals surface area contributed by atoms with E-state index in [1.165, 1.54) is 5.56 Å². The first kappa shape index (κ1) is 12.0. The second kappa shape index (κ2) is 4.58. The van der Waals surface area contributed by atoms with Crippen molar-refractivity contribution in [1.82, 2.24) is 4.90 Å². The molecule has 19 heavy (non-hydrogen) atoms. The molecule has 2 saturated heterocycles. The summed E-state index contributed by atoms with van der Waals surface area (Å²) in [5.41, 5.74) is 2.91. The Bertz CT molecular complexity index is 561. The SMILES string of the molecule is Cc1ccc(C#N)c(N2CCN3C(=O)CCC3C2)c1. The van der Waals surface area contributed by atoms with Gasteiger partial charge in [0, 0.05) is 32.1 Å². The fourth-order valence-electron chi connectivity index (χ4n) is 3.08. The van der Waals surface area contributed by atoms with Crippen LogP contribution in [0.15, 0.2) is 18.2 Å². The number of nitriles is 1. The molecule has 98 valence electrons. The minimum Gasteiger partial charge on any atom is -0.367 e. The van der Waals surface area contributed by atoms with Gasteiger partial charge in [0.2, 0.25) is 5.91 Å². The van der Waals surface area contributed by atoms with Crippen molar-refractivity contribution in [3.05, 3.63) is 29.3 Å². The number of nitrogens with zero attached hydrogens (tertiary/aromatic N) is 3. The number of hydrogen-bond donors (Lipinski definition) is 0. The minimum atomic E-state index is 0.286. The Labute approximate surface area is 113 Å². The highest BCUT2D eigenvalue weighted by molar-refractivity contribution is 5.79. The van der Waals surface area contributed by atoms with E-state index >= 15 is 0 Å². The number of benzene rings is 1. The number of anilines is 1.